The van der Waals surface area contributed by atoms with Crippen molar-refractivity contribution in [3.8, 4) is 0 Å². The van der Waals surface area contributed by atoms with Crippen LogP contribution in [0.5, 0.6) is 0 Å². The fraction of sp³-hybridized carbons (Fsp3) is 0.400. The summed E-state index contributed by atoms with van der Waals surface area (Å²) < 4.78 is 74.9. The van der Waals surface area contributed by atoms with Crippen molar-refractivity contribution < 1.29 is 31.1 Å². The van der Waals surface area contributed by atoms with Crippen molar-refractivity contribution in [1.29, 1.82) is 0 Å². The fourth-order valence-corrected chi connectivity index (χ4v) is 1.63. The van der Waals surface area contributed by atoms with E-state index < -0.39 is 23.9 Å². The van der Waals surface area contributed by atoms with Crippen LogP contribution in [0.25, 0.3) is 0 Å². The first-order valence-corrected chi connectivity index (χ1v) is 8.12. The first kappa shape index (κ1) is 24.8. The van der Waals surface area contributed by atoms with Gasteiger partial charge in [-0.15, -0.1) is 13.2 Å². The molecule has 0 spiro atoms. The topological polar surface area (TPSA) is 9.23 Å². The van der Waals surface area contributed by atoms with E-state index in [0.29, 0.717) is 0 Å². The van der Waals surface area contributed by atoms with Crippen LogP contribution >= 0.6 is 0 Å². The Labute approximate surface area is 156 Å². The van der Waals surface area contributed by atoms with Crippen LogP contribution in [0.1, 0.15) is 44.7 Å². The smallest absolute Gasteiger partial charge is 0.406 e. The van der Waals surface area contributed by atoms with Crippen LogP contribution in [-0.4, -0.2) is 6.36 Å². The Hall–Kier alpha value is -2.18. The number of allylic oxidation sites excluding steroid dienone is 3. The first-order valence-electron chi connectivity index (χ1n) is 8.12. The molecule has 0 heterocycles. The molecule has 1 aromatic rings. The van der Waals surface area contributed by atoms with Gasteiger partial charge in [-0.2, -0.15) is 13.2 Å². The van der Waals surface area contributed by atoms with Crippen molar-refractivity contribution in [2.45, 2.75) is 46.2 Å². The molecule has 0 aliphatic heterocycles. The van der Waals surface area contributed by atoms with Gasteiger partial charge in [-0.1, -0.05) is 64.6 Å². The van der Waals surface area contributed by atoms with Gasteiger partial charge in [0, 0.05) is 0 Å². The maximum absolute atomic E-state index is 12.1. The van der Waals surface area contributed by atoms with Gasteiger partial charge >= 0.3 is 12.5 Å². The van der Waals surface area contributed by atoms with E-state index in [1.807, 2.05) is 27.7 Å². The minimum atomic E-state index is -4.68. The summed E-state index contributed by atoms with van der Waals surface area (Å²) in [5.41, 5.74) is 1.06. The molecule has 1 aromatic carbocycles. The number of ether oxygens (including phenoxy) is 1. The Morgan fingerprint density at radius 3 is 1.70 bits per heavy atom. The van der Waals surface area contributed by atoms with E-state index in [0.717, 1.165) is 29.3 Å². The molecule has 1 nitrogen and oxygen atoms in total. The van der Waals surface area contributed by atoms with Gasteiger partial charge in [-0.3, -0.25) is 0 Å². The molecule has 0 radical (unpaired) electrons. The van der Waals surface area contributed by atoms with Crippen molar-refractivity contribution in [2.75, 3.05) is 0 Å². The predicted molar refractivity (Wildman–Crippen MR) is 94.9 cm³/mol. The zero-order chi connectivity index (χ0) is 21.4. The molecule has 0 aliphatic carbocycles. The number of hydrogen-bond acceptors (Lipinski definition) is 1. The fourth-order valence-electron chi connectivity index (χ4n) is 1.63. The molecule has 0 aromatic heterocycles. The Morgan fingerprint density at radius 2 is 1.37 bits per heavy atom. The lowest BCUT2D eigenvalue weighted by Crippen LogP contribution is -2.11. The molecule has 7 heteroatoms. The number of rotatable bonds is 5. The quantitative estimate of drug-likeness (QED) is 0.283. The molecule has 0 amide bonds. The standard InChI is InChI=1S/C10H13F3O.C10H11F3/c1-7(2)8(3)5-6-9(4)14-10(11,12)13;1-7(2)8-3-5-9(6-4-8)10(11,12)13/h5-7H,3-4H2,1-2H3;3-7H,1-2H3/b6-5-;. The summed E-state index contributed by atoms with van der Waals surface area (Å²) in [6, 6.07) is 5.28. The van der Waals surface area contributed by atoms with Crippen molar-refractivity contribution in [3.63, 3.8) is 0 Å². The third-order valence-electron chi connectivity index (χ3n) is 3.38. The van der Waals surface area contributed by atoms with E-state index in [4.69, 9.17) is 0 Å². The van der Waals surface area contributed by atoms with Crippen LogP contribution < -0.4 is 0 Å². The molecule has 27 heavy (non-hydrogen) atoms. The van der Waals surface area contributed by atoms with E-state index in [-0.39, 0.29) is 11.8 Å². The lowest BCUT2D eigenvalue weighted by atomic mass is 10.0. The van der Waals surface area contributed by atoms with E-state index >= 15 is 0 Å². The molecule has 0 N–H and O–H groups in total. The predicted octanol–water partition coefficient (Wildman–Crippen LogP) is 7.63. The van der Waals surface area contributed by atoms with E-state index in [1.165, 1.54) is 18.2 Å². The molecular formula is C20H24F6O. The summed E-state index contributed by atoms with van der Waals surface area (Å²) in [4.78, 5) is 0. The molecule has 0 saturated carbocycles. The average molecular weight is 394 g/mol. The van der Waals surface area contributed by atoms with E-state index in [1.54, 1.807) is 0 Å². The van der Waals surface area contributed by atoms with E-state index in [2.05, 4.69) is 17.9 Å². The lowest BCUT2D eigenvalue weighted by molar-refractivity contribution is -0.303. The zero-order valence-electron chi connectivity index (χ0n) is 15.7. The summed E-state index contributed by atoms with van der Waals surface area (Å²) >= 11 is 0. The molecule has 0 atom stereocenters. The number of alkyl halides is 6. The molecule has 0 bridgehead atoms. The van der Waals surface area contributed by atoms with Crippen molar-refractivity contribution in [3.05, 3.63) is 72.0 Å². The molecule has 152 valence electrons. The third kappa shape index (κ3) is 11.2. The highest BCUT2D eigenvalue weighted by molar-refractivity contribution is 5.26. The summed E-state index contributed by atoms with van der Waals surface area (Å²) in [7, 11) is 0. The average Bonchev–Trinajstić information content (AvgIpc) is 2.50. The second-order valence-corrected chi connectivity index (χ2v) is 6.35. The number of halogens is 6. The van der Waals surface area contributed by atoms with Crippen LogP contribution in [0.15, 0.2) is 60.9 Å². The third-order valence-corrected chi connectivity index (χ3v) is 3.38. The number of benzene rings is 1. The van der Waals surface area contributed by atoms with Crippen molar-refractivity contribution in [2.24, 2.45) is 5.92 Å². The van der Waals surface area contributed by atoms with Crippen LogP contribution in [0.4, 0.5) is 26.3 Å². The summed E-state index contributed by atoms with van der Waals surface area (Å²) in [5, 5.41) is 0. The Balaban J connectivity index is 0.000000501. The molecule has 0 saturated heterocycles. The zero-order valence-corrected chi connectivity index (χ0v) is 15.7. The summed E-state index contributed by atoms with van der Waals surface area (Å²) in [6.45, 7) is 14.4. The molecular weight excluding hydrogens is 370 g/mol. The van der Waals surface area contributed by atoms with Crippen molar-refractivity contribution in [1.82, 2.24) is 0 Å². The largest absolute Gasteiger partial charge is 0.573 e. The maximum atomic E-state index is 12.1. The molecule has 0 fully saturated rings. The minimum absolute atomic E-state index is 0.185. The molecule has 0 unspecified atom stereocenters. The highest BCUT2D eigenvalue weighted by Crippen LogP contribution is 2.30. The lowest BCUT2D eigenvalue weighted by Gasteiger charge is -2.09. The van der Waals surface area contributed by atoms with E-state index in [9.17, 15) is 26.3 Å². The summed E-state index contributed by atoms with van der Waals surface area (Å²) in [6.07, 6.45) is -6.30. The highest BCUT2D eigenvalue weighted by atomic mass is 19.4. The van der Waals surface area contributed by atoms with Crippen LogP contribution in [0, 0.1) is 5.92 Å². The van der Waals surface area contributed by atoms with Crippen LogP contribution in [0.2, 0.25) is 0 Å². The number of hydrogen-bond donors (Lipinski definition) is 0. The second kappa shape index (κ2) is 10.2. The van der Waals surface area contributed by atoms with Gasteiger partial charge in [-0.05, 0) is 35.6 Å². The highest BCUT2D eigenvalue weighted by Gasteiger charge is 2.31. The molecule has 0 aliphatic rings. The second-order valence-electron chi connectivity index (χ2n) is 6.35. The van der Waals surface area contributed by atoms with Gasteiger partial charge < -0.3 is 4.74 Å². The minimum Gasteiger partial charge on any atom is -0.406 e. The Morgan fingerprint density at radius 1 is 0.889 bits per heavy atom. The van der Waals surface area contributed by atoms with Gasteiger partial charge in [0.2, 0.25) is 0 Å². The van der Waals surface area contributed by atoms with Gasteiger partial charge in [-0.25, -0.2) is 0 Å². The SMILES string of the molecule is C=C(/C=C\C(=C)C(C)C)OC(F)(F)F.CC(C)c1ccc(C(F)(F)F)cc1. The van der Waals surface area contributed by atoms with Gasteiger partial charge in [0.1, 0.15) is 5.76 Å². The van der Waals surface area contributed by atoms with Crippen LogP contribution in [-0.2, 0) is 10.9 Å². The Kier molecular flexibility index (Phi) is 9.40. The van der Waals surface area contributed by atoms with Crippen molar-refractivity contribution >= 4 is 0 Å². The normalized spacial score (nSPS) is 12.1. The summed E-state index contributed by atoms with van der Waals surface area (Å²) in [5.74, 6) is 0.00604. The van der Waals surface area contributed by atoms with Crippen LogP contribution in [0.3, 0.4) is 0 Å². The Bertz CT molecular complexity index is 634. The van der Waals surface area contributed by atoms with Gasteiger partial charge in [0.15, 0.2) is 0 Å². The maximum Gasteiger partial charge on any atom is 0.573 e. The van der Waals surface area contributed by atoms with Gasteiger partial charge in [0.05, 0.1) is 5.56 Å². The van der Waals surface area contributed by atoms with Gasteiger partial charge in [0.25, 0.3) is 0 Å². The monoisotopic (exact) mass is 394 g/mol. The molecule has 1 rings (SSSR count). The first-order chi connectivity index (χ1) is 12.1.